The minimum absolute atomic E-state index is 0. The second kappa shape index (κ2) is 12.7. The van der Waals surface area contributed by atoms with Gasteiger partial charge in [0.1, 0.15) is 5.82 Å². The van der Waals surface area contributed by atoms with Gasteiger partial charge in [0.15, 0.2) is 0 Å². The Bertz CT molecular complexity index is 895. The van der Waals surface area contributed by atoms with Gasteiger partial charge in [-0.1, -0.05) is 44.4 Å². The number of anilines is 4. The molecule has 1 saturated carbocycles. The Morgan fingerprint density at radius 1 is 1.00 bits per heavy atom. The predicted octanol–water partition coefficient (Wildman–Crippen LogP) is 0.863. The van der Waals surface area contributed by atoms with Crippen LogP contribution in [0.5, 0.6) is 5.75 Å². The Hall–Kier alpha value is -1.68. The molecule has 1 aliphatic heterocycles. The summed E-state index contributed by atoms with van der Waals surface area (Å²) in [6.07, 6.45) is 9.51. The Morgan fingerprint density at radius 3 is 2.45 bits per heavy atom. The van der Waals surface area contributed by atoms with Gasteiger partial charge >= 0.3 is 29.6 Å². The number of aromatic nitrogens is 3. The summed E-state index contributed by atoms with van der Waals surface area (Å²) in [7, 11) is 0. The Kier molecular flexibility index (Phi) is 9.97. The second-order valence-corrected chi connectivity index (χ2v) is 8.71. The van der Waals surface area contributed by atoms with Crippen molar-refractivity contribution in [3.63, 3.8) is 0 Å². The first-order chi connectivity index (χ1) is 15.6. The zero-order valence-electron chi connectivity index (χ0n) is 19.7. The SMILES string of the molecule is CCN1CCCC1CNc1nc(Nc2ccc([O-])c(F)c2)nc(NC2CCCCCC2)n1.[Na+]. The third kappa shape index (κ3) is 7.40. The molecular weight excluding hydrogens is 432 g/mol. The molecule has 0 spiro atoms. The average Bonchev–Trinajstić information content (AvgIpc) is 3.09. The van der Waals surface area contributed by atoms with Crippen molar-refractivity contribution in [3.8, 4) is 5.75 Å². The van der Waals surface area contributed by atoms with Gasteiger partial charge in [-0.3, -0.25) is 4.90 Å². The zero-order chi connectivity index (χ0) is 22.3. The number of rotatable bonds is 8. The number of nitrogens with one attached hydrogen (secondary N) is 3. The molecule has 2 aromatic rings. The Labute approximate surface area is 217 Å². The minimum atomic E-state index is -0.805. The monoisotopic (exact) mass is 465 g/mol. The fourth-order valence-electron chi connectivity index (χ4n) is 4.64. The summed E-state index contributed by atoms with van der Waals surface area (Å²) in [5, 5.41) is 21.3. The summed E-state index contributed by atoms with van der Waals surface area (Å²) in [6, 6.07) is 4.68. The third-order valence-corrected chi connectivity index (χ3v) is 6.41. The van der Waals surface area contributed by atoms with Gasteiger partial charge in [0.2, 0.25) is 17.8 Å². The summed E-state index contributed by atoms with van der Waals surface area (Å²) >= 11 is 0. The van der Waals surface area contributed by atoms with Crippen molar-refractivity contribution in [1.82, 2.24) is 19.9 Å². The van der Waals surface area contributed by atoms with Crippen molar-refractivity contribution in [3.05, 3.63) is 24.0 Å². The van der Waals surface area contributed by atoms with Gasteiger partial charge < -0.3 is 21.1 Å². The van der Waals surface area contributed by atoms with E-state index >= 15 is 0 Å². The van der Waals surface area contributed by atoms with Crippen LogP contribution < -0.4 is 50.6 Å². The van der Waals surface area contributed by atoms with Gasteiger partial charge in [0.05, 0.1) is 0 Å². The second-order valence-electron chi connectivity index (χ2n) is 8.71. The van der Waals surface area contributed by atoms with Gasteiger partial charge in [-0.2, -0.15) is 15.0 Å². The molecule has 2 aliphatic rings. The number of benzene rings is 1. The number of hydrogen-bond acceptors (Lipinski definition) is 8. The third-order valence-electron chi connectivity index (χ3n) is 6.41. The first-order valence-corrected chi connectivity index (χ1v) is 11.8. The van der Waals surface area contributed by atoms with E-state index in [1.54, 1.807) is 0 Å². The minimum Gasteiger partial charge on any atom is -0.870 e. The summed E-state index contributed by atoms with van der Waals surface area (Å²) in [5.41, 5.74) is 0.424. The predicted molar refractivity (Wildman–Crippen MR) is 123 cm³/mol. The quantitative estimate of drug-likeness (QED) is 0.390. The van der Waals surface area contributed by atoms with Crippen molar-refractivity contribution >= 4 is 23.5 Å². The molecule has 0 amide bonds. The molecule has 8 nitrogen and oxygen atoms in total. The standard InChI is InChI=1S/C23H34FN7O.Na/c1-2-31-13-7-10-18(31)15-25-21-28-22(26-16-8-5-3-4-6-9-16)30-23(29-21)27-17-11-12-20(32)19(24)14-17;/h11-12,14,16,18,32H,2-10,13,15H2,1H3,(H3,25,26,27,28,29,30);/q;+1/p-1. The van der Waals surface area contributed by atoms with Gasteiger partial charge in [-0.05, 0) is 50.9 Å². The van der Waals surface area contributed by atoms with Crippen molar-refractivity contribution in [2.75, 3.05) is 35.6 Å². The van der Waals surface area contributed by atoms with Gasteiger partial charge in [0.25, 0.3) is 0 Å². The van der Waals surface area contributed by atoms with Crippen molar-refractivity contribution in [2.45, 2.75) is 70.4 Å². The number of nitrogens with zero attached hydrogens (tertiary/aromatic N) is 4. The maximum Gasteiger partial charge on any atom is 1.00 e. The summed E-state index contributed by atoms with van der Waals surface area (Å²) in [4.78, 5) is 16.1. The van der Waals surface area contributed by atoms with E-state index in [0.29, 0.717) is 35.6 Å². The van der Waals surface area contributed by atoms with Crippen LogP contribution >= 0.6 is 0 Å². The van der Waals surface area contributed by atoms with Crippen LogP contribution in [0.2, 0.25) is 0 Å². The maximum absolute atomic E-state index is 13.7. The van der Waals surface area contributed by atoms with Crippen LogP contribution in [0.1, 0.15) is 58.3 Å². The fraction of sp³-hybridized carbons (Fsp3) is 0.609. The van der Waals surface area contributed by atoms with Crippen LogP contribution in [-0.4, -0.2) is 51.6 Å². The van der Waals surface area contributed by atoms with Crippen LogP contribution in [0.4, 0.5) is 27.9 Å². The molecule has 1 aromatic heterocycles. The Morgan fingerprint density at radius 2 is 1.73 bits per heavy atom. The maximum atomic E-state index is 13.7. The Balaban J connectivity index is 0.00000306. The topological polar surface area (TPSA) is 101 Å². The van der Waals surface area contributed by atoms with Crippen molar-refractivity contribution in [2.24, 2.45) is 0 Å². The van der Waals surface area contributed by atoms with Gasteiger partial charge in [0, 0.05) is 24.3 Å². The van der Waals surface area contributed by atoms with Gasteiger partial charge in [-0.25, -0.2) is 4.39 Å². The molecule has 1 unspecified atom stereocenters. The molecule has 10 heteroatoms. The summed E-state index contributed by atoms with van der Waals surface area (Å²) < 4.78 is 13.7. The van der Waals surface area contributed by atoms with Crippen LogP contribution in [0, 0.1) is 5.82 Å². The number of hydrogen-bond donors (Lipinski definition) is 3. The average molecular weight is 466 g/mol. The smallest absolute Gasteiger partial charge is 0.870 e. The zero-order valence-corrected chi connectivity index (χ0v) is 21.7. The van der Waals surface area contributed by atoms with E-state index in [4.69, 9.17) is 0 Å². The first kappa shape index (κ1) is 25.9. The molecule has 174 valence electrons. The molecular formula is C23H33FN7NaO. The number of halogens is 1. The molecule has 1 aromatic carbocycles. The van der Waals surface area contributed by atoms with Crippen LogP contribution in [0.3, 0.4) is 0 Å². The van der Waals surface area contributed by atoms with Crippen LogP contribution in [-0.2, 0) is 0 Å². The fourth-order valence-corrected chi connectivity index (χ4v) is 4.64. The summed E-state index contributed by atoms with van der Waals surface area (Å²) in [6.45, 7) is 5.11. The van der Waals surface area contributed by atoms with Crippen molar-refractivity contribution < 1.29 is 39.1 Å². The van der Waals surface area contributed by atoms with E-state index in [2.05, 4.69) is 42.7 Å². The molecule has 2 fully saturated rings. The molecule has 33 heavy (non-hydrogen) atoms. The van der Waals surface area contributed by atoms with Gasteiger partial charge in [-0.15, -0.1) is 0 Å². The summed E-state index contributed by atoms with van der Waals surface area (Å²) in [5.74, 6) is -0.129. The van der Waals surface area contributed by atoms with E-state index in [-0.39, 0.29) is 29.6 Å². The van der Waals surface area contributed by atoms with E-state index in [9.17, 15) is 9.50 Å². The molecule has 0 radical (unpaired) electrons. The molecule has 1 aliphatic carbocycles. The van der Waals surface area contributed by atoms with Crippen LogP contribution in [0.25, 0.3) is 0 Å². The van der Waals surface area contributed by atoms with Crippen LogP contribution in [0.15, 0.2) is 18.2 Å². The molecule has 2 heterocycles. The largest absolute Gasteiger partial charge is 1.00 e. The molecule has 4 rings (SSSR count). The molecule has 0 bridgehead atoms. The number of likely N-dealkylation sites (N-methyl/N-ethyl adjacent to an activating group) is 1. The first-order valence-electron chi connectivity index (χ1n) is 11.8. The molecule has 1 atom stereocenters. The van der Waals surface area contributed by atoms with E-state index in [0.717, 1.165) is 45.0 Å². The number of likely N-dealkylation sites (tertiary alicyclic amines) is 1. The van der Waals surface area contributed by atoms with Crippen molar-refractivity contribution in [1.29, 1.82) is 0 Å². The molecule has 3 N–H and O–H groups in total. The van der Waals surface area contributed by atoms with E-state index in [1.807, 2.05) is 0 Å². The normalized spacial score (nSPS) is 19.5. The van der Waals surface area contributed by atoms with E-state index < -0.39 is 11.6 Å². The van der Waals surface area contributed by atoms with E-state index in [1.165, 1.54) is 44.2 Å². The molecule has 1 saturated heterocycles.